The van der Waals surface area contributed by atoms with E-state index in [0.29, 0.717) is 19.5 Å². The van der Waals surface area contributed by atoms with Crippen LogP contribution in [0, 0.1) is 16.0 Å². The van der Waals surface area contributed by atoms with Crippen molar-refractivity contribution in [3.63, 3.8) is 0 Å². The molecule has 192 valence electrons. The van der Waals surface area contributed by atoms with Crippen molar-refractivity contribution < 1.29 is 23.9 Å². The van der Waals surface area contributed by atoms with Crippen molar-refractivity contribution in [3.05, 3.63) is 45.7 Å². The molecule has 2 aliphatic carbocycles. The number of rotatable bonds is 6. The molecule has 6 atom stereocenters. The number of carbonyl (C=O) groups is 1. The van der Waals surface area contributed by atoms with E-state index < -0.39 is 0 Å². The van der Waals surface area contributed by atoms with Gasteiger partial charge in [-0.3, -0.25) is 15.0 Å². The van der Waals surface area contributed by atoms with E-state index in [1.165, 1.54) is 5.57 Å². The molecule has 3 unspecified atom stereocenters. The van der Waals surface area contributed by atoms with Crippen LogP contribution < -0.4 is 0 Å². The zero-order chi connectivity index (χ0) is 24.8. The van der Waals surface area contributed by atoms with Gasteiger partial charge in [0.25, 0.3) is 5.70 Å². The van der Waals surface area contributed by atoms with E-state index in [1.54, 1.807) is 17.1 Å². The maximum atomic E-state index is 13.0. The van der Waals surface area contributed by atoms with Gasteiger partial charge >= 0.3 is 6.09 Å². The van der Waals surface area contributed by atoms with Crippen molar-refractivity contribution in [1.82, 2.24) is 9.80 Å². The summed E-state index contributed by atoms with van der Waals surface area (Å²) in [5, 5.41) is 10.9. The van der Waals surface area contributed by atoms with Crippen LogP contribution in [0.5, 0.6) is 0 Å². The lowest BCUT2D eigenvalue weighted by Crippen LogP contribution is -2.52. The van der Waals surface area contributed by atoms with Crippen LogP contribution in [-0.2, 0) is 14.2 Å². The minimum absolute atomic E-state index is 0.0972. The molecule has 35 heavy (non-hydrogen) atoms. The molecule has 0 aromatic rings. The molecule has 1 amide bonds. The Morgan fingerprint density at radius 3 is 2.66 bits per heavy atom. The van der Waals surface area contributed by atoms with Gasteiger partial charge in [-0.05, 0) is 59.0 Å². The third-order valence-electron chi connectivity index (χ3n) is 8.53. The quantitative estimate of drug-likeness (QED) is 0.244. The van der Waals surface area contributed by atoms with Gasteiger partial charge in [0.05, 0.1) is 28.8 Å². The van der Waals surface area contributed by atoms with Crippen molar-refractivity contribution in [2.45, 2.75) is 82.3 Å². The van der Waals surface area contributed by atoms with Gasteiger partial charge in [0.15, 0.2) is 0 Å². The summed E-state index contributed by atoms with van der Waals surface area (Å²) in [6.07, 6.45) is 11.3. The van der Waals surface area contributed by atoms with Crippen molar-refractivity contribution in [1.29, 1.82) is 0 Å². The summed E-state index contributed by atoms with van der Waals surface area (Å²) in [5.41, 5.74) is 1.14. The van der Waals surface area contributed by atoms with Crippen LogP contribution in [0.4, 0.5) is 4.79 Å². The van der Waals surface area contributed by atoms with Crippen LogP contribution in [0.2, 0.25) is 0 Å². The predicted molar refractivity (Wildman–Crippen MR) is 129 cm³/mol. The lowest BCUT2D eigenvalue weighted by Gasteiger charge is -2.40. The first-order valence-electron chi connectivity index (χ1n) is 12.9. The van der Waals surface area contributed by atoms with Crippen molar-refractivity contribution in [2.24, 2.45) is 5.92 Å². The number of nitro groups is 1. The van der Waals surface area contributed by atoms with Crippen LogP contribution >= 0.6 is 0 Å². The molecule has 0 aromatic heterocycles. The predicted octanol–water partition coefficient (Wildman–Crippen LogP) is 3.68. The van der Waals surface area contributed by atoms with Gasteiger partial charge in [-0.25, -0.2) is 4.79 Å². The van der Waals surface area contributed by atoms with E-state index in [2.05, 4.69) is 31.7 Å². The number of carbonyl (C=O) groups excluding carboxylic acids is 1. The van der Waals surface area contributed by atoms with Crippen molar-refractivity contribution in [2.75, 3.05) is 32.8 Å². The maximum Gasteiger partial charge on any atom is 0.410 e. The molecule has 0 N–H and O–H groups in total. The van der Waals surface area contributed by atoms with E-state index in [-0.39, 0.29) is 52.1 Å². The highest BCUT2D eigenvalue weighted by molar-refractivity contribution is 5.68. The molecule has 3 aliphatic heterocycles. The highest BCUT2D eigenvalue weighted by Crippen LogP contribution is 2.59. The molecule has 3 heterocycles. The van der Waals surface area contributed by atoms with Crippen molar-refractivity contribution in [3.8, 4) is 0 Å². The van der Waals surface area contributed by atoms with E-state index in [0.717, 1.165) is 45.4 Å². The van der Waals surface area contributed by atoms with Gasteiger partial charge in [-0.1, -0.05) is 17.7 Å². The average molecular weight is 488 g/mol. The normalized spacial score (nSPS) is 38.6. The molecular formula is C26H37N3O6. The van der Waals surface area contributed by atoms with Gasteiger partial charge < -0.3 is 19.1 Å². The molecule has 4 fully saturated rings. The first kappa shape index (κ1) is 24.5. The highest BCUT2D eigenvalue weighted by Gasteiger charge is 2.68. The minimum atomic E-state index is -0.354. The summed E-state index contributed by atoms with van der Waals surface area (Å²) in [7, 11) is 0. The zero-order valence-corrected chi connectivity index (χ0v) is 21.0. The fourth-order valence-electron chi connectivity index (χ4n) is 6.14. The molecule has 5 rings (SSSR count). The fourth-order valence-corrected chi connectivity index (χ4v) is 6.14. The Morgan fingerprint density at radius 1 is 1.31 bits per heavy atom. The largest absolute Gasteiger partial charge is 0.446 e. The number of hydrogen-bond donors (Lipinski definition) is 0. The first-order chi connectivity index (χ1) is 16.7. The second-order valence-electron chi connectivity index (χ2n) is 11.1. The van der Waals surface area contributed by atoms with E-state index in [9.17, 15) is 14.9 Å². The van der Waals surface area contributed by atoms with Crippen molar-refractivity contribution >= 4 is 6.09 Å². The van der Waals surface area contributed by atoms with Gasteiger partial charge in [0.1, 0.15) is 6.10 Å². The Balaban J connectivity index is 1.11. The standard InChI is InChI=1S/C26H37N3O6/c1-18(2)4-9-23-25(3,35-23)22-16-21(10-11-26(22)17-33-26)34-24(30)28-14-12-27(13-15-28)19-5-7-20(8-6-19)29(31)32/h4-5,7-8,19,21-23H,6,9-17H2,1-3H3/t19?,21-,22-,23?,25-,26?/m1/s1. The number of hydrogen-bond acceptors (Lipinski definition) is 7. The van der Waals surface area contributed by atoms with Crippen LogP contribution in [0.25, 0.3) is 0 Å². The first-order valence-corrected chi connectivity index (χ1v) is 12.9. The topological polar surface area (TPSA) is 101 Å². The maximum absolute atomic E-state index is 13.0. The molecule has 0 aromatic carbocycles. The van der Waals surface area contributed by atoms with Gasteiger partial charge in [-0.15, -0.1) is 0 Å². The van der Waals surface area contributed by atoms with Crippen LogP contribution in [0.3, 0.4) is 0 Å². The molecule has 1 spiro atoms. The summed E-state index contributed by atoms with van der Waals surface area (Å²) in [4.78, 5) is 27.6. The Morgan fingerprint density at radius 2 is 2.06 bits per heavy atom. The number of amides is 1. The second kappa shape index (κ2) is 9.33. The van der Waals surface area contributed by atoms with Gasteiger partial charge in [0, 0.05) is 44.2 Å². The third kappa shape index (κ3) is 5.04. The van der Waals surface area contributed by atoms with Crippen LogP contribution in [0.15, 0.2) is 35.6 Å². The molecule has 5 aliphatic rings. The Bertz CT molecular complexity index is 945. The third-order valence-corrected chi connectivity index (χ3v) is 8.53. The van der Waals surface area contributed by atoms with E-state index in [4.69, 9.17) is 14.2 Å². The second-order valence-corrected chi connectivity index (χ2v) is 11.1. The summed E-state index contributed by atoms with van der Waals surface area (Å²) < 4.78 is 18.2. The molecule has 9 heteroatoms. The SMILES string of the molecule is CC(C)=CCC1O[C@]1(C)[C@H]1C[C@H](OC(=O)N2CCN(C3C=CC([N+](=O)[O-])=CC3)CC2)CCC12CO2. The fraction of sp³-hybridized carbons (Fsp3) is 0.731. The number of ether oxygens (including phenoxy) is 3. The molecule has 9 nitrogen and oxygen atoms in total. The number of nitrogens with zero attached hydrogens (tertiary/aromatic N) is 3. The summed E-state index contributed by atoms with van der Waals surface area (Å²) in [6.45, 7) is 9.85. The number of epoxide rings is 2. The van der Waals surface area contributed by atoms with Crippen LogP contribution in [0.1, 0.15) is 52.9 Å². The number of piperazine rings is 1. The number of allylic oxidation sites excluding steroid dienone is 2. The van der Waals surface area contributed by atoms with E-state index >= 15 is 0 Å². The molecular weight excluding hydrogens is 450 g/mol. The Kier molecular flexibility index (Phi) is 6.52. The zero-order valence-electron chi connectivity index (χ0n) is 21.0. The summed E-state index contributed by atoms with van der Waals surface area (Å²) in [5.74, 6) is 0.240. The average Bonchev–Trinajstić information content (AvgIpc) is 3.76. The molecule has 0 radical (unpaired) electrons. The summed E-state index contributed by atoms with van der Waals surface area (Å²) >= 11 is 0. The minimum Gasteiger partial charge on any atom is -0.446 e. The highest BCUT2D eigenvalue weighted by atomic mass is 16.6. The summed E-state index contributed by atoms with van der Waals surface area (Å²) in [6, 6.07) is 0.143. The lowest BCUT2D eigenvalue weighted by atomic mass is 9.70. The van der Waals surface area contributed by atoms with Gasteiger partial charge in [0.2, 0.25) is 0 Å². The lowest BCUT2D eigenvalue weighted by molar-refractivity contribution is -0.419. The van der Waals surface area contributed by atoms with Gasteiger partial charge in [-0.2, -0.15) is 0 Å². The smallest absolute Gasteiger partial charge is 0.410 e. The molecule has 1 saturated carbocycles. The Labute approximate surface area is 206 Å². The molecule has 3 saturated heterocycles. The Hall–Kier alpha value is -2.23. The van der Waals surface area contributed by atoms with E-state index in [1.807, 2.05) is 6.08 Å². The van der Waals surface area contributed by atoms with Crippen LogP contribution in [-0.4, -0.2) is 83.1 Å². The molecule has 0 bridgehead atoms. The monoisotopic (exact) mass is 487 g/mol.